The molecule has 2 nitrogen and oxygen atoms in total. The summed E-state index contributed by atoms with van der Waals surface area (Å²) in [4.78, 5) is 0. The first-order valence-corrected chi connectivity index (χ1v) is 5.98. The van der Waals surface area contributed by atoms with Crippen LogP contribution in [0.1, 0.15) is 18.1 Å². The van der Waals surface area contributed by atoms with Gasteiger partial charge in [-0.25, -0.2) is 0 Å². The molecule has 2 rings (SSSR count). The minimum atomic E-state index is -0.585. The second kappa shape index (κ2) is 4.95. The number of aliphatic hydroxyl groups excluding tert-OH is 2. The van der Waals surface area contributed by atoms with Gasteiger partial charge in [0.15, 0.2) is 0 Å². The minimum absolute atomic E-state index is 0.000455. The zero-order valence-electron chi connectivity index (χ0n) is 8.73. The maximum atomic E-state index is 9.77. The van der Waals surface area contributed by atoms with Crippen molar-refractivity contribution >= 4 is 26.7 Å². The van der Waals surface area contributed by atoms with Crippen molar-refractivity contribution in [3.63, 3.8) is 0 Å². The summed E-state index contributed by atoms with van der Waals surface area (Å²) in [6.07, 6.45) is -0.208. The summed E-state index contributed by atoms with van der Waals surface area (Å²) in [5.41, 5.74) is 0.851. The third-order valence-electron chi connectivity index (χ3n) is 2.61. The van der Waals surface area contributed by atoms with E-state index in [1.165, 1.54) is 0 Å². The fourth-order valence-corrected chi connectivity index (χ4v) is 2.11. The lowest BCUT2D eigenvalue weighted by molar-refractivity contribution is 0.134. The van der Waals surface area contributed by atoms with Crippen LogP contribution in [0.5, 0.6) is 0 Å². The molecule has 2 aromatic rings. The lowest BCUT2D eigenvalue weighted by atomic mass is 10.0. The Morgan fingerprint density at radius 1 is 1.06 bits per heavy atom. The molecule has 0 aromatic heterocycles. The van der Waals surface area contributed by atoms with Gasteiger partial charge in [0.05, 0.1) is 6.10 Å². The molecule has 0 bridgehead atoms. The summed E-state index contributed by atoms with van der Waals surface area (Å²) in [6, 6.07) is 11.9. The van der Waals surface area contributed by atoms with Crippen LogP contribution in [-0.4, -0.2) is 16.8 Å². The van der Waals surface area contributed by atoms with E-state index < -0.39 is 6.10 Å². The number of hydrogen-bond donors (Lipinski definition) is 2. The highest BCUT2D eigenvalue weighted by molar-refractivity contribution is 9.10. The van der Waals surface area contributed by atoms with Gasteiger partial charge in [0.1, 0.15) is 0 Å². The first-order chi connectivity index (χ1) is 7.70. The Hall–Kier alpha value is -0.900. The van der Waals surface area contributed by atoms with Crippen molar-refractivity contribution in [1.29, 1.82) is 0 Å². The Kier molecular flexibility index (Phi) is 3.59. The van der Waals surface area contributed by atoms with E-state index in [0.29, 0.717) is 6.42 Å². The van der Waals surface area contributed by atoms with Crippen LogP contribution in [0.2, 0.25) is 0 Å². The van der Waals surface area contributed by atoms with E-state index in [2.05, 4.69) is 15.9 Å². The van der Waals surface area contributed by atoms with Gasteiger partial charge < -0.3 is 10.2 Å². The Morgan fingerprint density at radius 2 is 1.75 bits per heavy atom. The number of hydrogen-bond acceptors (Lipinski definition) is 2. The molecule has 84 valence electrons. The van der Waals surface area contributed by atoms with Crippen LogP contribution in [0.4, 0.5) is 0 Å². The summed E-state index contributed by atoms with van der Waals surface area (Å²) in [5.74, 6) is 0. The summed E-state index contributed by atoms with van der Waals surface area (Å²) in [5, 5.41) is 20.8. The second-order valence-corrected chi connectivity index (χ2v) is 4.69. The Bertz CT molecular complexity index is 496. The van der Waals surface area contributed by atoms with Gasteiger partial charge in [-0.2, -0.15) is 0 Å². The SMILES string of the molecule is OCCC(O)c1ccc2cc(Br)ccc2c1. The third kappa shape index (κ3) is 2.43. The molecule has 0 aliphatic carbocycles. The largest absolute Gasteiger partial charge is 0.396 e. The molecule has 2 aromatic carbocycles. The van der Waals surface area contributed by atoms with Crippen molar-refractivity contribution < 1.29 is 10.2 Å². The molecule has 16 heavy (non-hydrogen) atoms. The maximum Gasteiger partial charge on any atom is 0.0812 e. The van der Waals surface area contributed by atoms with Gasteiger partial charge in [0.25, 0.3) is 0 Å². The molecule has 0 aliphatic heterocycles. The molecular weight excluding hydrogens is 268 g/mol. The number of halogens is 1. The van der Waals surface area contributed by atoms with Crippen molar-refractivity contribution in [1.82, 2.24) is 0 Å². The summed E-state index contributed by atoms with van der Waals surface area (Å²) in [6.45, 7) is -0.000455. The molecule has 0 radical (unpaired) electrons. The lowest BCUT2D eigenvalue weighted by Gasteiger charge is -2.10. The van der Waals surface area contributed by atoms with Crippen LogP contribution in [0, 0.1) is 0 Å². The minimum Gasteiger partial charge on any atom is -0.396 e. The first-order valence-electron chi connectivity index (χ1n) is 5.19. The molecule has 1 atom stereocenters. The highest BCUT2D eigenvalue weighted by Crippen LogP contribution is 2.24. The van der Waals surface area contributed by atoms with Crippen molar-refractivity contribution in [3.05, 3.63) is 46.4 Å². The molecule has 1 unspecified atom stereocenters. The van der Waals surface area contributed by atoms with Crippen molar-refractivity contribution in [3.8, 4) is 0 Å². The van der Waals surface area contributed by atoms with E-state index in [9.17, 15) is 5.11 Å². The molecule has 3 heteroatoms. The maximum absolute atomic E-state index is 9.77. The predicted molar refractivity (Wildman–Crippen MR) is 68.3 cm³/mol. The quantitative estimate of drug-likeness (QED) is 0.908. The molecule has 2 N–H and O–H groups in total. The van der Waals surface area contributed by atoms with Gasteiger partial charge in [0, 0.05) is 17.5 Å². The Balaban J connectivity index is 2.40. The van der Waals surface area contributed by atoms with Gasteiger partial charge in [-0.05, 0) is 34.5 Å². The second-order valence-electron chi connectivity index (χ2n) is 3.78. The summed E-state index contributed by atoms with van der Waals surface area (Å²) < 4.78 is 1.05. The molecule has 0 saturated heterocycles. The standard InChI is InChI=1S/C13H13BrO2/c14-12-4-3-9-7-11(13(16)5-6-15)2-1-10(9)8-12/h1-4,7-8,13,15-16H,5-6H2. The number of aliphatic hydroxyl groups is 2. The zero-order chi connectivity index (χ0) is 11.5. The van der Waals surface area contributed by atoms with Crippen molar-refractivity contribution in [2.24, 2.45) is 0 Å². The highest BCUT2D eigenvalue weighted by atomic mass is 79.9. The van der Waals surface area contributed by atoms with E-state index in [1.54, 1.807) is 0 Å². The van der Waals surface area contributed by atoms with E-state index >= 15 is 0 Å². The van der Waals surface area contributed by atoms with Crippen molar-refractivity contribution in [2.75, 3.05) is 6.61 Å². The van der Waals surface area contributed by atoms with Gasteiger partial charge in [0.2, 0.25) is 0 Å². The average molecular weight is 281 g/mol. The molecule has 0 heterocycles. The number of fused-ring (bicyclic) bond motifs is 1. The van der Waals surface area contributed by atoms with Crippen LogP contribution in [0.15, 0.2) is 40.9 Å². The smallest absolute Gasteiger partial charge is 0.0812 e. The normalized spacial score (nSPS) is 12.9. The van der Waals surface area contributed by atoms with Gasteiger partial charge in [-0.1, -0.05) is 34.1 Å². The van der Waals surface area contributed by atoms with E-state index in [4.69, 9.17) is 5.11 Å². The van der Waals surface area contributed by atoms with Crippen molar-refractivity contribution in [2.45, 2.75) is 12.5 Å². The van der Waals surface area contributed by atoms with E-state index in [0.717, 1.165) is 20.8 Å². The molecule has 0 saturated carbocycles. The van der Waals surface area contributed by atoms with Crippen LogP contribution in [0.3, 0.4) is 0 Å². The van der Waals surface area contributed by atoms with Gasteiger partial charge in [-0.3, -0.25) is 0 Å². The molecule has 0 fully saturated rings. The van der Waals surface area contributed by atoms with Gasteiger partial charge in [-0.15, -0.1) is 0 Å². The van der Waals surface area contributed by atoms with Crippen LogP contribution < -0.4 is 0 Å². The van der Waals surface area contributed by atoms with E-state index in [1.807, 2.05) is 36.4 Å². The predicted octanol–water partition coefficient (Wildman–Crippen LogP) is 3.02. The van der Waals surface area contributed by atoms with E-state index in [-0.39, 0.29) is 6.61 Å². The molecular formula is C13H13BrO2. The van der Waals surface area contributed by atoms with Crippen LogP contribution in [0.25, 0.3) is 10.8 Å². The average Bonchev–Trinajstić information content (AvgIpc) is 2.28. The lowest BCUT2D eigenvalue weighted by Crippen LogP contribution is -1.99. The number of rotatable bonds is 3. The zero-order valence-corrected chi connectivity index (χ0v) is 10.3. The fourth-order valence-electron chi connectivity index (χ4n) is 1.73. The highest BCUT2D eigenvalue weighted by Gasteiger charge is 2.07. The first kappa shape index (κ1) is 11.6. The summed E-state index contributed by atoms with van der Waals surface area (Å²) >= 11 is 3.42. The topological polar surface area (TPSA) is 40.5 Å². The number of benzene rings is 2. The fraction of sp³-hybridized carbons (Fsp3) is 0.231. The molecule has 0 amide bonds. The Labute approximate surface area is 103 Å². The molecule has 0 spiro atoms. The Morgan fingerprint density at radius 3 is 2.50 bits per heavy atom. The monoisotopic (exact) mass is 280 g/mol. The van der Waals surface area contributed by atoms with Crippen LogP contribution in [-0.2, 0) is 0 Å². The third-order valence-corrected chi connectivity index (χ3v) is 3.11. The summed E-state index contributed by atoms with van der Waals surface area (Å²) in [7, 11) is 0. The van der Waals surface area contributed by atoms with Crippen LogP contribution >= 0.6 is 15.9 Å². The molecule has 0 aliphatic rings. The van der Waals surface area contributed by atoms with Gasteiger partial charge >= 0.3 is 0 Å².